The molecule has 35 heavy (non-hydrogen) atoms. The number of benzene rings is 3. The first-order valence-electron chi connectivity index (χ1n) is 11.5. The molecule has 180 valence electrons. The molecule has 0 bridgehead atoms. The van der Waals surface area contributed by atoms with Gasteiger partial charge in [-0.05, 0) is 67.4 Å². The van der Waals surface area contributed by atoms with Crippen molar-refractivity contribution in [3.05, 3.63) is 116 Å². The maximum atomic E-state index is 14.7. The molecular formula is C28H27ClFN3O2. The number of aryl methyl sites for hydroxylation is 1. The Kier molecular flexibility index (Phi) is 7.95. The van der Waals surface area contributed by atoms with Crippen LogP contribution in [-0.4, -0.2) is 29.4 Å². The summed E-state index contributed by atoms with van der Waals surface area (Å²) in [6.07, 6.45) is 2.70. The van der Waals surface area contributed by atoms with Crippen molar-refractivity contribution in [2.24, 2.45) is 0 Å². The number of fused-ring (bicyclic) bond motifs is 1. The fourth-order valence-corrected chi connectivity index (χ4v) is 4.19. The van der Waals surface area contributed by atoms with Crippen LogP contribution >= 0.6 is 11.6 Å². The molecule has 0 aliphatic heterocycles. The van der Waals surface area contributed by atoms with Crippen LogP contribution < -0.4 is 10.7 Å². The number of pyridine rings is 1. The van der Waals surface area contributed by atoms with Crippen LogP contribution in [0.2, 0.25) is 5.02 Å². The molecule has 7 heteroatoms. The molecule has 0 aliphatic carbocycles. The van der Waals surface area contributed by atoms with Crippen LogP contribution in [0, 0.1) is 5.82 Å². The summed E-state index contributed by atoms with van der Waals surface area (Å²) in [6.45, 7) is 1.91. The van der Waals surface area contributed by atoms with E-state index in [0.717, 1.165) is 30.6 Å². The van der Waals surface area contributed by atoms with Gasteiger partial charge in [-0.2, -0.15) is 0 Å². The molecule has 0 radical (unpaired) electrons. The molecule has 0 unspecified atom stereocenters. The average molecular weight is 492 g/mol. The second kappa shape index (κ2) is 11.3. The van der Waals surface area contributed by atoms with E-state index in [0.29, 0.717) is 11.4 Å². The first-order chi connectivity index (χ1) is 16.9. The van der Waals surface area contributed by atoms with E-state index in [2.05, 4.69) is 27.3 Å². The molecule has 0 saturated carbocycles. The van der Waals surface area contributed by atoms with Gasteiger partial charge in [-0.3, -0.25) is 9.59 Å². The van der Waals surface area contributed by atoms with Crippen LogP contribution in [-0.2, 0) is 19.5 Å². The number of halogens is 2. The Hall–Kier alpha value is -3.48. The zero-order valence-electron chi connectivity index (χ0n) is 19.5. The minimum atomic E-state index is -0.517. The quantitative estimate of drug-likeness (QED) is 0.333. The fourth-order valence-electron chi connectivity index (χ4n) is 4.06. The normalized spacial score (nSPS) is 11.2. The van der Waals surface area contributed by atoms with Crippen molar-refractivity contribution in [2.45, 2.75) is 25.9 Å². The van der Waals surface area contributed by atoms with Crippen molar-refractivity contribution < 1.29 is 9.18 Å². The summed E-state index contributed by atoms with van der Waals surface area (Å²) in [5, 5.41) is 3.52. The summed E-state index contributed by atoms with van der Waals surface area (Å²) in [5.74, 6) is -1.02. The maximum absolute atomic E-state index is 14.7. The molecule has 0 saturated heterocycles. The lowest BCUT2D eigenvalue weighted by Gasteiger charge is -2.16. The van der Waals surface area contributed by atoms with E-state index in [1.54, 1.807) is 30.3 Å². The van der Waals surface area contributed by atoms with Gasteiger partial charge in [0.05, 0.1) is 5.52 Å². The molecule has 1 amide bonds. The Morgan fingerprint density at radius 2 is 1.77 bits per heavy atom. The number of nitrogens with one attached hydrogen (secondary N) is 2. The molecule has 1 heterocycles. The van der Waals surface area contributed by atoms with Crippen LogP contribution in [0.5, 0.6) is 0 Å². The van der Waals surface area contributed by atoms with Gasteiger partial charge in [0.25, 0.3) is 5.91 Å². The van der Waals surface area contributed by atoms with E-state index >= 15 is 0 Å². The van der Waals surface area contributed by atoms with Crippen LogP contribution in [0.1, 0.15) is 33.5 Å². The highest BCUT2D eigenvalue weighted by Gasteiger charge is 2.16. The molecule has 4 rings (SSSR count). The van der Waals surface area contributed by atoms with Crippen molar-refractivity contribution in [1.29, 1.82) is 0 Å². The maximum Gasteiger partial charge on any atom is 0.257 e. The van der Waals surface area contributed by atoms with Crippen molar-refractivity contribution in [1.82, 2.24) is 15.2 Å². The summed E-state index contributed by atoms with van der Waals surface area (Å²) in [4.78, 5) is 30.7. The van der Waals surface area contributed by atoms with E-state index in [1.807, 2.05) is 25.2 Å². The SMILES string of the molecule is CN(CCCc1cc(F)c2[nH]cc(C(=O)NCc3ccc(Cl)cc3)c(=O)c2c1)Cc1ccccc1. The number of aromatic amines is 1. The standard InChI is InChI=1S/C28H27ClFN3O2/c1-33(18-20-6-3-2-4-7-20)13-5-8-21-14-23-26(25(30)15-21)31-17-24(27(23)34)28(35)32-16-19-9-11-22(29)12-10-19/h2-4,6-7,9-12,14-15,17H,5,8,13,16,18H2,1H3,(H,31,34)(H,32,35). The molecule has 5 nitrogen and oxygen atoms in total. The number of hydrogen-bond donors (Lipinski definition) is 2. The number of nitrogens with zero attached hydrogens (tertiary/aromatic N) is 1. The molecule has 0 spiro atoms. The van der Waals surface area contributed by atoms with Gasteiger partial charge in [0, 0.05) is 29.7 Å². The van der Waals surface area contributed by atoms with Gasteiger partial charge >= 0.3 is 0 Å². The highest BCUT2D eigenvalue weighted by Crippen LogP contribution is 2.18. The van der Waals surface area contributed by atoms with Gasteiger partial charge in [-0.15, -0.1) is 0 Å². The molecule has 4 aromatic rings. The van der Waals surface area contributed by atoms with Gasteiger partial charge in [-0.1, -0.05) is 54.1 Å². The first kappa shape index (κ1) is 24.6. The molecule has 0 aliphatic rings. The van der Waals surface area contributed by atoms with Crippen LogP contribution in [0.4, 0.5) is 4.39 Å². The van der Waals surface area contributed by atoms with Crippen LogP contribution in [0.3, 0.4) is 0 Å². The largest absolute Gasteiger partial charge is 0.358 e. The summed E-state index contributed by atoms with van der Waals surface area (Å²) in [5.41, 5.74) is 2.38. The second-order valence-electron chi connectivity index (χ2n) is 8.67. The van der Waals surface area contributed by atoms with E-state index in [9.17, 15) is 14.0 Å². The lowest BCUT2D eigenvalue weighted by molar-refractivity contribution is 0.0949. The van der Waals surface area contributed by atoms with Gasteiger partial charge in [0.2, 0.25) is 5.43 Å². The van der Waals surface area contributed by atoms with Gasteiger partial charge in [-0.25, -0.2) is 4.39 Å². The Labute approximate surface area is 208 Å². The number of aromatic nitrogens is 1. The number of carbonyl (C=O) groups excluding carboxylic acids is 1. The Balaban J connectivity index is 1.43. The molecule has 2 N–H and O–H groups in total. The third kappa shape index (κ3) is 6.35. The lowest BCUT2D eigenvalue weighted by Crippen LogP contribution is -2.28. The van der Waals surface area contributed by atoms with Crippen molar-refractivity contribution in [3.8, 4) is 0 Å². The number of hydrogen-bond acceptors (Lipinski definition) is 3. The van der Waals surface area contributed by atoms with Crippen molar-refractivity contribution in [3.63, 3.8) is 0 Å². The van der Waals surface area contributed by atoms with E-state index in [-0.39, 0.29) is 23.0 Å². The fraction of sp³-hybridized carbons (Fsp3) is 0.214. The second-order valence-corrected chi connectivity index (χ2v) is 9.10. The number of amides is 1. The number of rotatable bonds is 9. The Morgan fingerprint density at radius 1 is 1.03 bits per heavy atom. The zero-order valence-corrected chi connectivity index (χ0v) is 20.2. The molecule has 0 atom stereocenters. The van der Waals surface area contributed by atoms with E-state index in [4.69, 9.17) is 11.6 Å². The lowest BCUT2D eigenvalue weighted by atomic mass is 10.0. The van der Waals surface area contributed by atoms with Crippen molar-refractivity contribution >= 4 is 28.4 Å². The monoisotopic (exact) mass is 491 g/mol. The van der Waals surface area contributed by atoms with Crippen molar-refractivity contribution in [2.75, 3.05) is 13.6 Å². The van der Waals surface area contributed by atoms with E-state index < -0.39 is 17.2 Å². The first-order valence-corrected chi connectivity index (χ1v) is 11.9. The number of H-pyrrole nitrogens is 1. The van der Waals surface area contributed by atoms with Crippen LogP contribution in [0.15, 0.2) is 77.7 Å². The topological polar surface area (TPSA) is 65.2 Å². The minimum Gasteiger partial charge on any atom is -0.358 e. The highest BCUT2D eigenvalue weighted by atomic mass is 35.5. The van der Waals surface area contributed by atoms with Gasteiger partial charge in [0.15, 0.2) is 0 Å². The molecule has 1 aromatic heterocycles. The molecule has 0 fully saturated rings. The number of carbonyl (C=O) groups is 1. The summed E-state index contributed by atoms with van der Waals surface area (Å²) in [6, 6.07) is 20.4. The summed E-state index contributed by atoms with van der Waals surface area (Å²) >= 11 is 5.89. The van der Waals surface area contributed by atoms with Gasteiger partial charge < -0.3 is 15.2 Å². The highest BCUT2D eigenvalue weighted by molar-refractivity contribution is 6.30. The predicted octanol–water partition coefficient (Wildman–Crippen LogP) is 5.32. The predicted molar refractivity (Wildman–Crippen MR) is 138 cm³/mol. The Morgan fingerprint density at radius 3 is 2.51 bits per heavy atom. The Bertz CT molecular complexity index is 1370. The molecule has 3 aromatic carbocycles. The zero-order chi connectivity index (χ0) is 24.8. The van der Waals surface area contributed by atoms with Crippen LogP contribution in [0.25, 0.3) is 10.9 Å². The average Bonchev–Trinajstić information content (AvgIpc) is 2.85. The third-order valence-corrected chi connectivity index (χ3v) is 6.16. The summed E-state index contributed by atoms with van der Waals surface area (Å²) in [7, 11) is 2.05. The smallest absolute Gasteiger partial charge is 0.257 e. The van der Waals surface area contributed by atoms with Gasteiger partial charge in [0.1, 0.15) is 11.4 Å². The summed E-state index contributed by atoms with van der Waals surface area (Å²) < 4.78 is 14.7. The molecular weight excluding hydrogens is 465 g/mol. The third-order valence-electron chi connectivity index (χ3n) is 5.91. The minimum absolute atomic E-state index is 0.0504. The van der Waals surface area contributed by atoms with E-state index in [1.165, 1.54) is 17.8 Å².